The van der Waals surface area contributed by atoms with Crippen molar-refractivity contribution in [2.75, 3.05) is 13.7 Å². The molecule has 0 N–H and O–H groups in total. The van der Waals surface area contributed by atoms with Gasteiger partial charge < -0.3 is 9.64 Å². The van der Waals surface area contributed by atoms with Gasteiger partial charge in [0, 0.05) is 7.05 Å². The first-order valence-corrected chi connectivity index (χ1v) is 9.21. The molecule has 0 bridgehead atoms. The van der Waals surface area contributed by atoms with Crippen molar-refractivity contribution in [1.29, 1.82) is 0 Å². The summed E-state index contributed by atoms with van der Waals surface area (Å²) in [7, 11) is 1.78. The van der Waals surface area contributed by atoms with Gasteiger partial charge in [0.25, 0.3) is 5.91 Å². The zero-order valence-corrected chi connectivity index (χ0v) is 15.2. The second-order valence-corrected chi connectivity index (χ2v) is 7.24. The zero-order chi connectivity index (χ0) is 17.9. The van der Waals surface area contributed by atoms with E-state index in [2.05, 4.69) is 11.1 Å². The predicted octanol–water partition coefficient (Wildman–Crippen LogP) is 4.49. The number of aromatic nitrogens is 1. The molecule has 0 unspecified atom stereocenters. The molecular weight excluding hydrogens is 344 g/mol. The molecular formula is C21H18N2O2S. The number of amides is 1. The lowest BCUT2D eigenvalue weighted by Gasteiger charge is -2.16. The van der Waals surface area contributed by atoms with Crippen molar-refractivity contribution >= 4 is 38.2 Å². The summed E-state index contributed by atoms with van der Waals surface area (Å²) in [5.74, 6) is 0.628. The van der Waals surface area contributed by atoms with Crippen molar-refractivity contribution in [2.45, 2.75) is 6.54 Å². The number of benzene rings is 3. The van der Waals surface area contributed by atoms with E-state index < -0.39 is 0 Å². The van der Waals surface area contributed by atoms with Gasteiger partial charge >= 0.3 is 0 Å². The van der Waals surface area contributed by atoms with E-state index >= 15 is 0 Å². The molecule has 130 valence electrons. The van der Waals surface area contributed by atoms with Gasteiger partial charge in [-0.15, -0.1) is 11.3 Å². The first kappa shape index (κ1) is 16.5. The Morgan fingerprint density at radius 1 is 1.04 bits per heavy atom. The fraction of sp³-hybridized carbons (Fsp3) is 0.143. The minimum Gasteiger partial charge on any atom is -0.484 e. The summed E-state index contributed by atoms with van der Waals surface area (Å²) in [6.07, 6.45) is 0. The first-order valence-electron chi connectivity index (χ1n) is 8.39. The highest BCUT2D eigenvalue weighted by atomic mass is 32.1. The van der Waals surface area contributed by atoms with E-state index in [9.17, 15) is 4.79 Å². The van der Waals surface area contributed by atoms with Crippen LogP contribution in [0.1, 0.15) is 5.01 Å². The topological polar surface area (TPSA) is 42.4 Å². The molecule has 26 heavy (non-hydrogen) atoms. The molecule has 5 heteroatoms. The van der Waals surface area contributed by atoms with E-state index in [1.807, 2.05) is 60.7 Å². The van der Waals surface area contributed by atoms with Gasteiger partial charge in [0.2, 0.25) is 0 Å². The average molecular weight is 362 g/mol. The van der Waals surface area contributed by atoms with Crippen LogP contribution in [0.5, 0.6) is 5.75 Å². The fourth-order valence-corrected chi connectivity index (χ4v) is 3.81. The van der Waals surface area contributed by atoms with Gasteiger partial charge in [-0.05, 0) is 35.0 Å². The molecule has 1 heterocycles. The number of thiazole rings is 1. The normalized spacial score (nSPS) is 11.0. The van der Waals surface area contributed by atoms with Crippen LogP contribution in [0.4, 0.5) is 0 Å². The van der Waals surface area contributed by atoms with Crippen molar-refractivity contribution in [3.05, 3.63) is 71.7 Å². The first-order chi connectivity index (χ1) is 12.7. The van der Waals surface area contributed by atoms with Crippen LogP contribution in [-0.4, -0.2) is 29.4 Å². The Labute approximate surface area is 155 Å². The van der Waals surface area contributed by atoms with Crippen molar-refractivity contribution < 1.29 is 9.53 Å². The molecule has 0 aliphatic heterocycles. The predicted molar refractivity (Wildman–Crippen MR) is 106 cm³/mol. The molecule has 4 aromatic rings. The van der Waals surface area contributed by atoms with Gasteiger partial charge in [0.15, 0.2) is 6.61 Å². The number of ether oxygens (including phenoxy) is 1. The molecule has 1 aromatic heterocycles. The number of likely N-dealkylation sites (N-methyl/N-ethyl adjacent to an activating group) is 1. The number of carbonyl (C=O) groups excluding carboxylic acids is 1. The minimum atomic E-state index is -0.0718. The summed E-state index contributed by atoms with van der Waals surface area (Å²) < 4.78 is 6.82. The Kier molecular flexibility index (Phi) is 4.54. The lowest BCUT2D eigenvalue weighted by atomic mass is 10.1. The van der Waals surface area contributed by atoms with Crippen LogP contribution in [0.25, 0.3) is 21.0 Å². The van der Waals surface area contributed by atoms with Crippen LogP contribution in [-0.2, 0) is 11.3 Å². The van der Waals surface area contributed by atoms with Crippen molar-refractivity contribution in [2.24, 2.45) is 0 Å². The van der Waals surface area contributed by atoms with Gasteiger partial charge in [-0.2, -0.15) is 0 Å². The number of carbonyl (C=O) groups is 1. The lowest BCUT2D eigenvalue weighted by Crippen LogP contribution is -2.30. The highest BCUT2D eigenvalue weighted by molar-refractivity contribution is 7.18. The summed E-state index contributed by atoms with van der Waals surface area (Å²) in [6.45, 7) is 0.499. The Bertz CT molecular complexity index is 1040. The molecule has 0 fully saturated rings. The summed E-state index contributed by atoms with van der Waals surface area (Å²) in [5.41, 5.74) is 0.973. The standard InChI is InChI=1S/C21H18N2O2S/c1-23(13-20-22-18-8-4-5-9-19(18)26-20)21(24)14-25-17-11-10-15-6-2-3-7-16(15)12-17/h2-12H,13-14H2,1H3. The highest BCUT2D eigenvalue weighted by Gasteiger charge is 2.13. The molecule has 4 rings (SSSR count). The second kappa shape index (κ2) is 7.14. The van der Waals surface area contributed by atoms with E-state index in [1.165, 1.54) is 0 Å². The summed E-state index contributed by atoms with van der Waals surface area (Å²) in [6, 6.07) is 21.9. The third-order valence-corrected chi connectivity index (χ3v) is 5.24. The van der Waals surface area contributed by atoms with E-state index in [-0.39, 0.29) is 12.5 Å². The van der Waals surface area contributed by atoms with E-state index in [0.717, 1.165) is 26.0 Å². The average Bonchev–Trinajstić information content (AvgIpc) is 3.08. The van der Waals surface area contributed by atoms with Crippen LogP contribution in [0.3, 0.4) is 0 Å². The van der Waals surface area contributed by atoms with Crippen molar-refractivity contribution in [1.82, 2.24) is 9.88 Å². The van der Waals surface area contributed by atoms with E-state index in [0.29, 0.717) is 12.3 Å². The van der Waals surface area contributed by atoms with Gasteiger partial charge in [0.1, 0.15) is 10.8 Å². The molecule has 0 saturated heterocycles. The summed E-state index contributed by atoms with van der Waals surface area (Å²) >= 11 is 1.61. The highest BCUT2D eigenvalue weighted by Crippen LogP contribution is 2.23. The third-order valence-electron chi connectivity index (χ3n) is 4.22. The molecule has 0 aliphatic carbocycles. The van der Waals surface area contributed by atoms with Gasteiger partial charge in [-0.1, -0.05) is 42.5 Å². The number of para-hydroxylation sites is 1. The smallest absolute Gasteiger partial charge is 0.260 e. The maximum Gasteiger partial charge on any atom is 0.260 e. The molecule has 1 amide bonds. The number of rotatable bonds is 5. The summed E-state index contributed by atoms with van der Waals surface area (Å²) in [5, 5.41) is 3.17. The monoisotopic (exact) mass is 362 g/mol. The minimum absolute atomic E-state index is 0.0136. The van der Waals surface area contributed by atoms with Crippen LogP contribution < -0.4 is 4.74 Å². The number of hydrogen-bond donors (Lipinski definition) is 0. The van der Waals surface area contributed by atoms with E-state index in [4.69, 9.17) is 4.74 Å². The van der Waals surface area contributed by atoms with Crippen LogP contribution in [0, 0.1) is 0 Å². The SMILES string of the molecule is CN(Cc1nc2ccccc2s1)C(=O)COc1ccc2ccccc2c1. The fourth-order valence-electron chi connectivity index (χ4n) is 2.79. The second-order valence-electron chi connectivity index (χ2n) is 6.12. The Hall–Kier alpha value is -2.92. The quantitative estimate of drug-likeness (QED) is 0.525. The summed E-state index contributed by atoms with van der Waals surface area (Å²) in [4.78, 5) is 18.6. The maximum atomic E-state index is 12.4. The number of fused-ring (bicyclic) bond motifs is 2. The van der Waals surface area contributed by atoms with Gasteiger partial charge in [-0.3, -0.25) is 4.79 Å². The van der Waals surface area contributed by atoms with Crippen molar-refractivity contribution in [3.63, 3.8) is 0 Å². The molecule has 0 atom stereocenters. The molecule has 0 spiro atoms. The molecule has 3 aromatic carbocycles. The Morgan fingerprint density at radius 3 is 2.65 bits per heavy atom. The van der Waals surface area contributed by atoms with Gasteiger partial charge in [0.05, 0.1) is 16.8 Å². The zero-order valence-electron chi connectivity index (χ0n) is 14.4. The molecule has 0 saturated carbocycles. The van der Waals surface area contributed by atoms with Gasteiger partial charge in [-0.25, -0.2) is 4.98 Å². The van der Waals surface area contributed by atoms with Crippen LogP contribution >= 0.6 is 11.3 Å². The molecule has 0 aliphatic rings. The third kappa shape index (κ3) is 3.53. The lowest BCUT2D eigenvalue weighted by molar-refractivity contribution is -0.132. The molecule has 4 nitrogen and oxygen atoms in total. The van der Waals surface area contributed by atoms with E-state index in [1.54, 1.807) is 23.3 Å². The molecule has 0 radical (unpaired) electrons. The maximum absolute atomic E-state index is 12.4. The Balaban J connectivity index is 1.38. The van der Waals surface area contributed by atoms with Crippen LogP contribution in [0.15, 0.2) is 66.7 Å². The Morgan fingerprint density at radius 2 is 1.81 bits per heavy atom. The number of hydrogen-bond acceptors (Lipinski definition) is 4. The van der Waals surface area contributed by atoms with Crippen molar-refractivity contribution in [3.8, 4) is 5.75 Å². The largest absolute Gasteiger partial charge is 0.484 e. The van der Waals surface area contributed by atoms with Crippen LogP contribution in [0.2, 0.25) is 0 Å². The number of nitrogens with zero attached hydrogens (tertiary/aromatic N) is 2.